The van der Waals surface area contributed by atoms with E-state index in [1.54, 1.807) is 34.6 Å². The number of anilines is 1. The highest BCUT2D eigenvalue weighted by atomic mass is 32.1. The number of carbonyl (C=O) groups excluding carboxylic acids is 2. The van der Waals surface area contributed by atoms with Gasteiger partial charge in [-0.2, -0.15) is 13.5 Å². The molecule has 1 fully saturated rings. The van der Waals surface area contributed by atoms with Crippen molar-refractivity contribution in [2.24, 2.45) is 5.41 Å². The lowest BCUT2D eigenvalue weighted by molar-refractivity contribution is -0.126. The van der Waals surface area contributed by atoms with Gasteiger partial charge < -0.3 is 4.90 Å². The first kappa shape index (κ1) is 19.4. The Morgan fingerprint density at radius 3 is 2.56 bits per heavy atom. The van der Waals surface area contributed by atoms with Gasteiger partial charge in [0.25, 0.3) is 5.91 Å². The highest BCUT2D eigenvalue weighted by Crippen LogP contribution is 2.45. The number of aryl methyl sites for hydroxylation is 1. The molecule has 1 heterocycles. The summed E-state index contributed by atoms with van der Waals surface area (Å²) in [6.45, 7) is 0.630. The van der Waals surface area contributed by atoms with Crippen LogP contribution >= 0.6 is 13.5 Å². The van der Waals surface area contributed by atoms with Crippen molar-refractivity contribution in [1.82, 2.24) is 5.48 Å². The maximum absolute atomic E-state index is 13.2. The maximum atomic E-state index is 13.2. The zero-order valence-corrected chi connectivity index (χ0v) is 15.7. The summed E-state index contributed by atoms with van der Waals surface area (Å²) in [6, 6.07) is 11.3. The Bertz CT molecular complexity index is 887. The second-order valence-electron chi connectivity index (χ2n) is 7.06. The first-order chi connectivity index (χ1) is 12.5. The molecule has 1 spiro atoms. The fourth-order valence-electron chi connectivity index (χ4n) is 4.15. The molecule has 0 unspecified atom stereocenters. The maximum Gasteiger partial charge on any atom is 0.274 e. The Hall–Kier alpha value is -2.38. The molecule has 0 saturated carbocycles. The van der Waals surface area contributed by atoms with Gasteiger partial charge in [0.2, 0.25) is 5.91 Å². The van der Waals surface area contributed by atoms with Crippen molar-refractivity contribution < 1.29 is 19.2 Å². The van der Waals surface area contributed by atoms with E-state index in [0.717, 1.165) is 29.7 Å². The molecule has 27 heavy (non-hydrogen) atoms. The van der Waals surface area contributed by atoms with Crippen LogP contribution in [0.2, 0.25) is 0 Å². The van der Waals surface area contributed by atoms with Crippen LogP contribution in [0.25, 0.3) is 0 Å². The number of hydroxylamine groups is 1. The van der Waals surface area contributed by atoms with Gasteiger partial charge in [-0.15, -0.1) is 0 Å². The number of fused-ring (bicyclic) bond motifs is 1. The molecule has 1 aliphatic heterocycles. The second-order valence-corrected chi connectivity index (χ2v) is 7.06. The number of rotatable bonds is 2. The van der Waals surface area contributed by atoms with Gasteiger partial charge in [-0.25, -0.2) is 9.87 Å². The molecule has 142 valence electrons. The molecule has 2 N–H and O–H groups in total. The molecule has 1 saturated heterocycles. The molecule has 1 atom stereocenters. The molecule has 0 radical (unpaired) electrons. The lowest BCUT2D eigenvalue weighted by atomic mass is 9.70. The van der Waals surface area contributed by atoms with E-state index in [0.29, 0.717) is 24.9 Å². The van der Waals surface area contributed by atoms with Crippen LogP contribution in [0.4, 0.5) is 10.1 Å². The van der Waals surface area contributed by atoms with Crippen LogP contribution in [0.1, 0.15) is 34.3 Å². The minimum absolute atomic E-state index is 0. The van der Waals surface area contributed by atoms with Crippen molar-refractivity contribution >= 4 is 31.0 Å². The number of hydrogen-bond donors (Lipinski definition) is 2. The average Bonchev–Trinajstić information content (AvgIpc) is 2.97. The number of amides is 2. The van der Waals surface area contributed by atoms with E-state index in [2.05, 4.69) is 0 Å². The van der Waals surface area contributed by atoms with Crippen molar-refractivity contribution in [2.75, 3.05) is 11.4 Å². The summed E-state index contributed by atoms with van der Waals surface area (Å²) in [6.07, 6.45) is 2.84. The van der Waals surface area contributed by atoms with Gasteiger partial charge in [-0.1, -0.05) is 6.07 Å². The Kier molecular flexibility index (Phi) is 5.26. The van der Waals surface area contributed by atoms with Crippen molar-refractivity contribution in [2.45, 2.75) is 25.7 Å². The topological polar surface area (TPSA) is 69.6 Å². The smallest absolute Gasteiger partial charge is 0.274 e. The Labute approximate surface area is 163 Å². The first-order valence-corrected chi connectivity index (χ1v) is 8.66. The van der Waals surface area contributed by atoms with Gasteiger partial charge in [0.15, 0.2) is 0 Å². The van der Waals surface area contributed by atoms with Crippen LogP contribution in [0, 0.1) is 11.2 Å². The molecule has 0 aromatic heterocycles. The Balaban J connectivity index is 0.00000210. The fourth-order valence-corrected chi connectivity index (χ4v) is 4.15. The summed E-state index contributed by atoms with van der Waals surface area (Å²) < 4.78 is 13.2. The highest BCUT2D eigenvalue weighted by Gasteiger charge is 2.48. The normalized spacial score (nSPS) is 21.0. The summed E-state index contributed by atoms with van der Waals surface area (Å²) >= 11 is 0. The summed E-state index contributed by atoms with van der Waals surface area (Å²) in [4.78, 5) is 26.5. The number of nitrogens with zero attached hydrogens (tertiary/aromatic N) is 1. The molecule has 2 aromatic rings. The molecule has 2 aliphatic rings. The van der Waals surface area contributed by atoms with E-state index < -0.39 is 11.3 Å². The van der Waals surface area contributed by atoms with Crippen molar-refractivity contribution in [3.63, 3.8) is 0 Å². The zero-order chi connectivity index (χ0) is 18.3. The molecule has 2 amide bonds. The molecule has 2 aromatic carbocycles. The number of halogens is 1. The third-order valence-corrected chi connectivity index (χ3v) is 5.62. The summed E-state index contributed by atoms with van der Waals surface area (Å²) in [5, 5.41) is 8.78. The summed E-state index contributed by atoms with van der Waals surface area (Å²) in [7, 11) is 0. The summed E-state index contributed by atoms with van der Waals surface area (Å²) in [5.74, 6) is -0.760. The largest absolute Gasteiger partial charge is 0.312 e. The Morgan fingerprint density at radius 2 is 1.85 bits per heavy atom. The van der Waals surface area contributed by atoms with E-state index in [1.807, 2.05) is 6.07 Å². The predicted octanol–water partition coefficient (Wildman–Crippen LogP) is 2.97. The van der Waals surface area contributed by atoms with Crippen molar-refractivity contribution in [3.05, 3.63) is 65.0 Å². The summed E-state index contributed by atoms with van der Waals surface area (Å²) in [5.41, 5.74) is 4.47. The van der Waals surface area contributed by atoms with Crippen molar-refractivity contribution in [3.8, 4) is 0 Å². The van der Waals surface area contributed by atoms with Crippen LogP contribution in [0.3, 0.4) is 0 Å². The third kappa shape index (κ3) is 3.33. The minimum atomic E-state index is -0.535. The van der Waals surface area contributed by atoms with Crippen LogP contribution in [0.15, 0.2) is 42.5 Å². The fraction of sp³-hybridized carbons (Fsp3) is 0.300. The van der Waals surface area contributed by atoms with Gasteiger partial charge in [0, 0.05) is 17.8 Å². The highest BCUT2D eigenvalue weighted by molar-refractivity contribution is 7.59. The van der Waals surface area contributed by atoms with E-state index in [4.69, 9.17) is 5.21 Å². The van der Waals surface area contributed by atoms with E-state index in [1.165, 1.54) is 12.1 Å². The van der Waals surface area contributed by atoms with Gasteiger partial charge in [0.05, 0.1) is 5.41 Å². The van der Waals surface area contributed by atoms with Gasteiger partial charge in [-0.3, -0.25) is 14.8 Å². The number of nitrogens with one attached hydrogen (secondary N) is 1. The average molecular weight is 388 g/mol. The molecule has 1 aliphatic carbocycles. The van der Waals surface area contributed by atoms with Gasteiger partial charge in [0.1, 0.15) is 5.82 Å². The van der Waals surface area contributed by atoms with E-state index in [-0.39, 0.29) is 25.2 Å². The molecule has 4 rings (SSSR count). The first-order valence-electron chi connectivity index (χ1n) is 8.66. The van der Waals surface area contributed by atoms with Gasteiger partial charge >= 0.3 is 0 Å². The molecule has 7 heteroatoms. The molecule has 0 bridgehead atoms. The number of benzene rings is 2. The lowest BCUT2D eigenvalue weighted by Gasteiger charge is -2.33. The Morgan fingerprint density at radius 1 is 1.11 bits per heavy atom. The third-order valence-electron chi connectivity index (χ3n) is 5.62. The van der Waals surface area contributed by atoms with E-state index >= 15 is 0 Å². The SMILES string of the molecule is O=C(NO)c1ccc2c(c1)CC[C@@]1(CCN(c3ccc(F)cc3)C1=O)C2.S. The number of carbonyl (C=O) groups is 2. The monoisotopic (exact) mass is 388 g/mol. The van der Waals surface area contributed by atoms with Gasteiger partial charge in [-0.05, 0) is 73.2 Å². The minimum Gasteiger partial charge on any atom is -0.312 e. The van der Waals surface area contributed by atoms with Crippen LogP contribution in [0.5, 0.6) is 0 Å². The van der Waals surface area contributed by atoms with Crippen LogP contribution in [-0.4, -0.2) is 23.6 Å². The molecular weight excluding hydrogens is 367 g/mol. The van der Waals surface area contributed by atoms with Crippen LogP contribution in [-0.2, 0) is 17.6 Å². The molecular formula is C20H21FN2O3S. The van der Waals surface area contributed by atoms with Crippen LogP contribution < -0.4 is 10.4 Å². The number of hydrogen-bond acceptors (Lipinski definition) is 3. The quantitative estimate of drug-likeness (QED) is 0.614. The van der Waals surface area contributed by atoms with E-state index in [9.17, 15) is 14.0 Å². The van der Waals surface area contributed by atoms with Crippen molar-refractivity contribution in [1.29, 1.82) is 0 Å². The standard InChI is InChI=1S/C20H19FN2O3.H2S/c21-16-3-5-17(6-4-16)23-10-9-20(19(23)25)8-7-13-11-14(18(24)22-26)1-2-15(13)12-20;/h1-6,11,26H,7-10,12H2,(H,22,24);1H2/t20-;/m1./s1. The molecule has 5 nitrogen and oxygen atoms in total. The predicted molar refractivity (Wildman–Crippen MR) is 104 cm³/mol. The zero-order valence-electron chi connectivity index (χ0n) is 14.7. The lowest BCUT2D eigenvalue weighted by Crippen LogP contribution is -2.38. The second kappa shape index (κ2) is 7.32.